The van der Waals surface area contributed by atoms with Crippen LogP contribution in [-0.4, -0.2) is 29.3 Å². The maximum atomic E-state index is 12.9. The molecule has 2 aromatic carbocycles. The fourth-order valence-corrected chi connectivity index (χ4v) is 3.43. The van der Waals surface area contributed by atoms with Gasteiger partial charge in [-0.05, 0) is 50.1 Å². The molecule has 4 amide bonds. The number of carbonyl (C=O) groups excluding carboxylic acids is 3. The standard InChI is InChI=1S/C20H19Cl2N3O3/c1-11-4-7-16(12(2)8-11)23-17(26)10-25-18(27)20(3,24-19(25)28)13-5-6-14(21)15(22)9-13/h4-9H,10H2,1-3H3,(H,23,26)(H,24,28). The van der Waals surface area contributed by atoms with Gasteiger partial charge in [-0.25, -0.2) is 4.79 Å². The minimum Gasteiger partial charge on any atom is -0.324 e. The van der Waals surface area contributed by atoms with Gasteiger partial charge in [-0.3, -0.25) is 14.5 Å². The Labute approximate surface area is 172 Å². The normalized spacial score (nSPS) is 19.0. The number of amides is 4. The van der Waals surface area contributed by atoms with Crippen molar-refractivity contribution in [3.05, 3.63) is 63.1 Å². The van der Waals surface area contributed by atoms with E-state index in [1.807, 2.05) is 26.0 Å². The number of anilines is 1. The molecule has 2 aromatic rings. The van der Waals surface area contributed by atoms with Gasteiger partial charge in [0.05, 0.1) is 10.0 Å². The fraction of sp³-hybridized carbons (Fsp3) is 0.250. The first-order chi connectivity index (χ1) is 13.1. The van der Waals surface area contributed by atoms with Crippen molar-refractivity contribution >= 4 is 46.7 Å². The van der Waals surface area contributed by atoms with Gasteiger partial charge < -0.3 is 10.6 Å². The third-order valence-corrected chi connectivity index (χ3v) is 5.47. The van der Waals surface area contributed by atoms with Crippen molar-refractivity contribution in [2.45, 2.75) is 26.3 Å². The Kier molecular flexibility index (Phi) is 5.37. The first kappa shape index (κ1) is 20.2. The van der Waals surface area contributed by atoms with E-state index in [1.54, 1.807) is 25.1 Å². The van der Waals surface area contributed by atoms with Gasteiger partial charge in [0.2, 0.25) is 5.91 Å². The van der Waals surface area contributed by atoms with Gasteiger partial charge in [-0.2, -0.15) is 0 Å². The third-order valence-electron chi connectivity index (χ3n) is 4.73. The number of benzene rings is 2. The molecular weight excluding hydrogens is 401 g/mol. The van der Waals surface area contributed by atoms with Crippen LogP contribution in [0.15, 0.2) is 36.4 Å². The lowest BCUT2D eigenvalue weighted by molar-refractivity contribution is -0.133. The Hall–Kier alpha value is -2.57. The molecule has 0 bridgehead atoms. The largest absolute Gasteiger partial charge is 0.325 e. The number of rotatable bonds is 4. The van der Waals surface area contributed by atoms with Crippen LogP contribution in [0.4, 0.5) is 10.5 Å². The summed E-state index contributed by atoms with van der Waals surface area (Å²) in [4.78, 5) is 38.6. The first-order valence-electron chi connectivity index (χ1n) is 8.58. The maximum Gasteiger partial charge on any atom is 0.325 e. The van der Waals surface area contributed by atoms with E-state index < -0.39 is 29.9 Å². The van der Waals surface area contributed by atoms with Gasteiger partial charge in [0, 0.05) is 5.69 Å². The van der Waals surface area contributed by atoms with E-state index in [9.17, 15) is 14.4 Å². The van der Waals surface area contributed by atoms with Crippen LogP contribution in [0.25, 0.3) is 0 Å². The summed E-state index contributed by atoms with van der Waals surface area (Å²) in [7, 11) is 0. The third kappa shape index (κ3) is 3.70. The number of nitrogens with one attached hydrogen (secondary N) is 2. The van der Waals surface area contributed by atoms with Gasteiger partial charge in [0.15, 0.2) is 0 Å². The Morgan fingerprint density at radius 3 is 2.46 bits per heavy atom. The van der Waals surface area contributed by atoms with E-state index in [0.717, 1.165) is 16.0 Å². The van der Waals surface area contributed by atoms with Gasteiger partial charge in [0.25, 0.3) is 5.91 Å². The van der Waals surface area contributed by atoms with Crippen LogP contribution in [0.3, 0.4) is 0 Å². The molecule has 8 heteroatoms. The average molecular weight is 420 g/mol. The zero-order valence-corrected chi connectivity index (χ0v) is 17.1. The van der Waals surface area contributed by atoms with Crippen molar-refractivity contribution in [3.63, 3.8) is 0 Å². The molecule has 146 valence electrons. The number of halogens is 2. The molecule has 2 N–H and O–H groups in total. The van der Waals surface area contributed by atoms with E-state index in [0.29, 0.717) is 16.3 Å². The highest BCUT2D eigenvalue weighted by atomic mass is 35.5. The van der Waals surface area contributed by atoms with E-state index >= 15 is 0 Å². The van der Waals surface area contributed by atoms with Gasteiger partial charge in [-0.15, -0.1) is 0 Å². The van der Waals surface area contributed by atoms with Crippen molar-refractivity contribution < 1.29 is 14.4 Å². The van der Waals surface area contributed by atoms with Crippen LogP contribution in [0, 0.1) is 13.8 Å². The molecule has 1 heterocycles. The molecule has 1 fully saturated rings. The molecule has 1 saturated heterocycles. The average Bonchev–Trinajstić information content (AvgIpc) is 2.84. The van der Waals surface area contributed by atoms with Gasteiger partial charge in [0.1, 0.15) is 12.1 Å². The minimum atomic E-state index is -1.33. The summed E-state index contributed by atoms with van der Waals surface area (Å²) < 4.78 is 0. The molecule has 1 aliphatic heterocycles. The van der Waals surface area contributed by atoms with Crippen LogP contribution in [0.1, 0.15) is 23.6 Å². The summed E-state index contributed by atoms with van der Waals surface area (Å²) in [5, 5.41) is 5.99. The second-order valence-electron chi connectivity index (χ2n) is 6.94. The quantitative estimate of drug-likeness (QED) is 0.734. The summed E-state index contributed by atoms with van der Waals surface area (Å²) >= 11 is 12.0. The molecule has 0 aliphatic carbocycles. The second-order valence-corrected chi connectivity index (χ2v) is 7.76. The zero-order chi connectivity index (χ0) is 20.6. The lowest BCUT2D eigenvalue weighted by Gasteiger charge is -2.22. The lowest BCUT2D eigenvalue weighted by Crippen LogP contribution is -2.42. The molecule has 0 spiro atoms. The summed E-state index contributed by atoms with van der Waals surface area (Å²) in [6, 6.07) is 9.65. The van der Waals surface area contributed by atoms with Crippen LogP contribution < -0.4 is 10.6 Å². The van der Waals surface area contributed by atoms with E-state index in [-0.39, 0.29) is 5.02 Å². The molecule has 1 aliphatic rings. The van der Waals surface area contributed by atoms with E-state index in [4.69, 9.17) is 23.2 Å². The van der Waals surface area contributed by atoms with Crippen LogP contribution >= 0.6 is 23.2 Å². The number of hydrogen-bond acceptors (Lipinski definition) is 3. The molecule has 3 rings (SSSR count). The number of urea groups is 1. The molecular formula is C20H19Cl2N3O3. The minimum absolute atomic E-state index is 0.272. The summed E-state index contributed by atoms with van der Waals surface area (Å²) in [5.74, 6) is -1.000. The second kappa shape index (κ2) is 7.45. The predicted octanol–water partition coefficient (Wildman–Crippen LogP) is 4.02. The Morgan fingerprint density at radius 2 is 1.82 bits per heavy atom. The van der Waals surface area contributed by atoms with E-state index in [1.165, 1.54) is 6.07 Å². The maximum absolute atomic E-state index is 12.9. The molecule has 1 unspecified atom stereocenters. The number of nitrogens with zero attached hydrogens (tertiary/aromatic N) is 1. The monoisotopic (exact) mass is 419 g/mol. The molecule has 0 aromatic heterocycles. The number of carbonyl (C=O) groups is 3. The highest BCUT2D eigenvalue weighted by molar-refractivity contribution is 6.42. The van der Waals surface area contributed by atoms with Crippen molar-refractivity contribution in [1.82, 2.24) is 10.2 Å². The summed E-state index contributed by atoms with van der Waals surface area (Å²) in [6.45, 7) is 5.00. The topological polar surface area (TPSA) is 78.5 Å². The van der Waals surface area contributed by atoms with Gasteiger partial charge >= 0.3 is 6.03 Å². The first-order valence-corrected chi connectivity index (χ1v) is 9.34. The summed E-state index contributed by atoms with van der Waals surface area (Å²) in [5.41, 5.74) is 1.76. The van der Waals surface area contributed by atoms with Gasteiger partial charge in [-0.1, -0.05) is 47.0 Å². The fourth-order valence-electron chi connectivity index (χ4n) is 3.13. The van der Waals surface area contributed by atoms with E-state index in [2.05, 4.69) is 10.6 Å². The van der Waals surface area contributed by atoms with Crippen LogP contribution in [0.5, 0.6) is 0 Å². The van der Waals surface area contributed by atoms with Crippen LogP contribution in [0.2, 0.25) is 10.0 Å². The SMILES string of the molecule is Cc1ccc(NC(=O)CN2C(=O)NC(C)(c3ccc(Cl)c(Cl)c3)C2=O)c(C)c1. The molecule has 6 nitrogen and oxygen atoms in total. The molecule has 1 atom stereocenters. The smallest absolute Gasteiger partial charge is 0.324 e. The molecule has 0 saturated carbocycles. The Bertz CT molecular complexity index is 993. The van der Waals surface area contributed by atoms with Crippen LogP contribution in [-0.2, 0) is 15.1 Å². The summed E-state index contributed by atoms with van der Waals surface area (Å²) in [6.07, 6.45) is 0. The van der Waals surface area contributed by atoms with Crippen molar-refractivity contribution in [2.24, 2.45) is 0 Å². The lowest BCUT2D eigenvalue weighted by atomic mass is 9.92. The van der Waals surface area contributed by atoms with Crippen molar-refractivity contribution in [1.29, 1.82) is 0 Å². The zero-order valence-electron chi connectivity index (χ0n) is 15.6. The van der Waals surface area contributed by atoms with Crippen molar-refractivity contribution in [3.8, 4) is 0 Å². The predicted molar refractivity (Wildman–Crippen MR) is 109 cm³/mol. The molecule has 0 radical (unpaired) electrons. The molecule has 28 heavy (non-hydrogen) atoms. The number of aryl methyl sites for hydroxylation is 2. The highest BCUT2D eigenvalue weighted by Crippen LogP contribution is 2.33. The number of hydrogen-bond donors (Lipinski definition) is 2. The number of imide groups is 1. The Balaban J connectivity index is 1.77. The Morgan fingerprint density at radius 1 is 1.11 bits per heavy atom. The highest BCUT2D eigenvalue weighted by Gasteiger charge is 2.49. The van der Waals surface area contributed by atoms with Crippen molar-refractivity contribution in [2.75, 3.05) is 11.9 Å².